The van der Waals surface area contributed by atoms with Crippen molar-refractivity contribution in [2.24, 2.45) is 5.92 Å². The maximum Gasteiger partial charge on any atom is 0.315 e. The molecule has 3 heteroatoms. The van der Waals surface area contributed by atoms with Gasteiger partial charge in [-0.2, -0.15) is 11.8 Å². The average Bonchev–Trinajstić information content (AvgIpc) is 2.26. The molecule has 0 aliphatic carbocycles. The zero-order valence-electron chi connectivity index (χ0n) is 10.3. The quantitative estimate of drug-likeness (QED) is 0.569. The van der Waals surface area contributed by atoms with Crippen molar-refractivity contribution < 1.29 is 9.53 Å². The van der Waals surface area contributed by atoms with E-state index in [1.165, 1.54) is 19.3 Å². The summed E-state index contributed by atoms with van der Waals surface area (Å²) in [5.41, 5.74) is 0. The lowest BCUT2D eigenvalue weighted by atomic mass is 10.0. The molecule has 0 bridgehead atoms. The van der Waals surface area contributed by atoms with E-state index in [1.54, 1.807) is 11.8 Å². The molecule has 1 unspecified atom stereocenters. The molecule has 0 amide bonds. The Morgan fingerprint density at radius 3 is 2.60 bits per heavy atom. The summed E-state index contributed by atoms with van der Waals surface area (Å²) in [5.74, 6) is 1.97. The minimum Gasteiger partial charge on any atom is -0.465 e. The van der Waals surface area contributed by atoms with Gasteiger partial charge >= 0.3 is 5.97 Å². The molecule has 0 saturated heterocycles. The number of carbonyl (C=O) groups excluding carboxylic acids is 1. The Hall–Kier alpha value is -0.180. The van der Waals surface area contributed by atoms with Crippen molar-refractivity contribution in [3.05, 3.63) is 0 Å². The number of esters is 1. The van der Waals surface area contributed by atoms with Gasteiger partial charge in [0.1, 0.15) is 0 Å². The normalized spacial score (nSPS) is 12.5. The van der Waals surface area contributed by atoms with E-state index < -0.39 is 0 Å². The largest absolute Gasteiger partial charge is 0.465 e. The number of ether oxygens (including phenoxy) is 1. The number of rotatable bonds is 9. The minimum atomic E-state index is -0.0585. The summed E-state index contributed by atoms with van der Waals surface area (Å²) in [5, 5.41) is 0. The highest BCUT2D eigenvalue weighted by Crippen LogP contribution is 2.13. The van der Waals surface area contributed by atoms with Crippen molar-refractivity contribution >= 4 is 17.7 Å². The minimum absolute atomic E-state index is 0.0585. The molecule has 0 aliphatic heterocycles. The average molecular weight is 232 g/mol. The third kappa shape index (κ3) is 8.79. The van der Waals surface area contributed by atoms with Crippen LogP contribution in [0.25, 0.3) is 0 Å². The van der Waals surface area contributed by atoms with Gasteiger partial charge in [-0.25, -0.2) is 0 Å². The van der Waals surface area contributed by atoms with Gasteiger partial charge < -0.3 is 4.74 Å². The topological polar surface area (TPSA) is 26.3 Å². The number of hydrogen-bond donors (Lipinski definition) is 0. The molecule has 0 aromatic heterocycles. The molecule has 90 valence electrons. The van der Waals surface area contributed by atoms with E-state index in [0.29, 0.717) is 18.3 Å². The van der Waals surface area contributed by atoms with Crippen LogP contribution >= 0.6 is 11.8 Å². The second-order valence-corrected chi connectivity index (χ2v) is 5.01. The first-order valence-electron chi connectivity index (χ1n) is 5.97. The fourth-order valence-electron chi connectivity index (χ4n) is 1.34. The number of thioether (sulfide) groups is 1. The Morgan fingerprint density at radius 2 is 2.07 bits per heavy atom. The molecular formula is C12H24O2S. The van der Waals surface area contributed by atoms with Crippen LogP contribution in [0.1, 0.15) is 46.5 Å². The lowest BCUT2D eigenvalue weighted by Gasteiger charge is -2.14. The lowest BCUT2D eigenvalue weighted by molar-refractivity contribution is -0.141. The van der Waals surface area contributed by atoms with Gasteiger partial charge in [-0.05, 0) is 18.1 Å². The molecular weight excluding hydrogens is 208 g/mol. The number of hydrogen-bond acceptors (Lipinski definition) is 3. The highest BCUT2D eigenvalue weighted by Gasteiger charge is 2.09. The molecule has 0 N–H and O–H groups in total. The second-order valence-electron chi connectivity index (χ2n) is 3.74. The van der Waals surface area contributed by atoms with Gasteiger partial charge in [-0.1, -0.05) is 40.0 Å². The highest BCUT2D eigenvalue weighted by atomic mass is 32.2. The molecule has 0 heterocycles. The fourth-order valence-corrected chi connectivity index (χ4v) is 1.79. The zero-order chi connectivity index (χ0) is 11.5. The molecule has 0 aromatic rings. The van der Waals surface area contributed by atoms with Crippen LogP contribution in [-0.2, 0) is 9.53 Å². The Balaban J connectivity index is 3.55. The van der Waals surface area contributed by atoms with Crippen molar-refractivity contribution in [2.45, 2.75) is 46.5 Å². The van der Waals surface area contributed by atoms with E-state index in [4.69, 9.17) is 4.74 Å². The molecule has 0 aromatic carbocycles. The SMILES string of the molecule is CCCCC(CC)COC(=O)CSCC. The Kier molecular flexibility index (Phi) is 10.2. The molecule has 0 saturated carbocycles. The summed E-state index contributed by atoms with van der Waals surface area (Å²) in [4.78, 5) is 11.3. The van der Waals surface area contributed by atoms with Crippen LogP contribution < -0.4 is 0 Å². The monoisotopic (exact) mass is 232 g/mol. The van der Waals surface area contributed by atoms with Crippen LogP contribution in [0.15, 0.2) is 0 Å². The molecule has 0 aliphatic rings. The van der Waals surface area contributed by atoms with Gasteiger partial charge in [0.2, 0.25) is 0 Å². The maximum atomic E-state index is 11.3. The van der Waals surface area contributed by atoms with Crippen molar-refractivity contribution in [2.75, 3.05) is 18.1 Å². The van der Waals surface area contributed by atoms with Crippen LogP contribution in [0.3, 0.4) is 0 Å². The third-order valence-corrected chi connectivity index (χ3v) is 3.30. The number of carbonyl (C=O) groups is 1. The van der Waals surface area contributed by atoms with E-state index in [1.807, 2.05) is 6.92 Å². The molecule has 0 radical (unpaired) electrons. The van der Waals surface area contributed by atoms with Gasteiger partial charge in [-0.15, -0.1) is 0 Å². The lowest BCUT2D eigenvalue weighted by Crippen LogP contribution is -2.15. The summed E-state index contributed by atoms with van der Waals surface area (Å²) in [6.45, 7) is 7.01. The van der Waals surface area contributed by atoms with Gasteiger partial charge in [0, 0.05) is 0 Å². The number of unbranched alkanes of at least 4 members (excludes halogenated alkanes) is 1. The van der Waals surface area contributed by atoms with E-state index in [9.17, 15) is 4.79 Å². The summed E-state index contributed by atoms with van der Waals surface area (Å²) >= 11 is 1.62. The summed E-state index contributed by atoms with van der Waals surface area (Å²) < 4.78 is 5.23. The first kappa shape index (κ1) is 14.8. The summed E-state index contributed by atoms with van der Waals surface area (Å²) in [6.07, 6.45) is 4.74. The van der Waals surface area contributed by atoms with Crippen LogP contribution in [0.5, 0.6) is 0 Å². The molecule has 15 heavy (non-hydrogen) atoms. The molecule has 0 spiro atoms. The van der Waals surface area contributed by atoms with Crippen LogP contribution in [0.4, 0.5) is 0 Å². The fraction of sp³-hybridized carbons (Fsp3) is 0.917. The van der Waals surface area contributed by atoms with Gasteiger partial charge in [0.15, 0.2) is 0 Å². The predicted molar refractivity (Wildman–Crippen MR) is 67.3 cm³/mol. The standard InChI is InChI=1S/C12H24O2S/c1-4-7-8-11(5-2)9-14-12(13)10-15-6-3/h11H,4-10H2,1-3H3. The zero-order valence-corrected chi connectivity index (χ0v) is 11.1. The van der Waals surface area contributed by atoms with Crippen molar-refractivity contribution in [1.29, 1.82) is 0 Å². The highest BCUT2D eigenvalue weighted by molar-refractivity contribution is 7.99. The van der Waals surface area contributed by atoms with Gasteiger partial charge in [0.25, 0.3) is 0 Å². The summed E-state index contributed by atoms with van der Waals surface area (Å²) in [6, 6.07) is 0. The Labute approximate surface area is 98.2 Å². The maximum absolute atomic E-state index is 11.3. The van der Waals surface area contributed by atoms with E-state index in [0.717, 1.165) is 12.2 Å². The van der Waals surface area contributed by atoms with Crippen molar-refractivity contribution in [3.8, 4) is 0 Å². The van der Waals surface area contributed by atoms with Gasteiger partial charge in [-0.3, -0.25) is 4.79 Å². The second kappa shape index (κ2) is 10.3. The first-order valence-corrected chi connectivity index (χ1v) is 7.13. The van der Waals surface area contributed by atoms with E-state index in [-0.39, 0.29) is 5.97 Å². The third-order valence-electron chi connectivity index (χ3n) is 2.45. The summed E-state index contributed by atoms with van der Waals surface area (Å²) in [7, 11) is 0. The van der Waals surface area contributed by atoms with E-state index in [2.05, 4.69) is 13.8 Å². The Bertz CT molecular complexity index is 160. The smallest absolute Gasteiger partial charge is 0.315 e. The van der Waals surface area contributed by atoms with Crippen LogP contribution in [-0.4, -0.2) is 24.1 Å². The van der Waals surface area contributed by atoms with Crippen molar-refractivity contribution in [3.63, 3.8) is 0 Å². The molecule has 0 rings (SSSR count). The van der Waals surface area contributed by atoms with Gasteiger partial charge in [0.05, 0.1) is 12.4 Å². The van der Waals surface area contributed by atoms with Crippen molar-refractivity contribution in [1.82, 2.24) is 0 Å². The predicted octanol–water partition coefficient (Wildman–Crippen LogP) is 3.50. The Morgan fingerprint density at radius 1 is 1.33 bits per heavy atom. The molecule has 2 nitrogen and oxygen atoms in total. The van der Waals surface area contributed by atoms with Crippen LogP contribution in [0, 0.1) is 5.92 Å². The first-order chi connectivity index (χ1) is 7.24. The van der Waals surface area contributed by atoms with Crippen LogP contribution in [0.2, 0.25) is 0 Å². The molecule has 0 fully saturated rings. The molecule has 1 atom stereocenters. The van der Waals surface area contributed by atoms with E-state index >= 15 is 0 Å².